The Morgan fingerprint density at radius 1 is 1.23 bits per heavy atom. The van der Waals surface area contributed by atoms with Crippen LogP contribution in [0.4, 0.5) is 0 Å². The van der Waals surface area contributed by atoms with E-state index in [1.54, 1.807) is 11.1 Å². The molecule has 0 bridgehead atoms. The highest BCUT2D eigenvalue weighted by Crippen LogP contribution is 2.41. The molecule has 1 aromatic carbocycles. The molecule has 0 radical (unpaired) electrons. The molecule has 0 heterocycles. The van der Waals surface area contributed by atoms with Crippen molar-refractivity contribution in [2.45, 2.75) is 33.1 Å². The van der Waals surface area contributed by atoms with Crippen LogP contribution in [0.15, 0.2) is 24.3 Å². The van der Waals surface area contributed by atoms with E-state index >= 15 is 0 Å². The van der Waals surface area contributed by atoms with Crippen LogP contribution < -0.4 is 0 Å². The lowest BCUT2D eigenvalue weighted by Crippen LogP contribution is -2.10. The molecule has 0 nitrogen and oxygen atoms in total. The van der Waals surface area contributed by atoms with Gasteiger partial charge in [0.2, 0.25) is 0 Å². The maximum absolute atomic E-state index is 2.38. The molecule has 0 saturated heterocycles. The molecule has 2 rings (SSSR count). The molecule has 0 N–H and O–H groups in total. The minimum Gasteiger partial charge on any atom is -0.0622 e. The summed E-state index contributed by atoms with van der Waals surface area (Å²) in [4.78, 5) is 0. The van der Waals surface area contributed by atoms with E-state index in [0.717, 1.165) is 17.8 Å². The van der Waals surface area contributed by atoms with E-state index in [0.29, 0.717) is 0 Å². The van der Waals surface area contributed by atoms with E-state index in [1.165, 1.54) is 6.42 Å². The van der Waals surface area contributed by atoms with Crippen LogP contribution in [0.5, 0.6) is 0 Å². The second-order valence-electron chi connectivity index (χ2n) is 4.65. The molecule has 0 aromatic heterocycles. The number of rotatable bonds is 1. The summed E-state index contributed by atoms with van der Waals surface area (Å²) in [7, 11) is 0. The Balaban J connectivity index is 2.40. The Bertz CT molecular complexity index is 299. The van der Waals surface area contributed by atoms with Gasteiger partial charge >= 0.3 is 0 Å². The summed E-state index contributed by atoms with van der Waals surface area (Å²) in [5.41, 5.74) is 3.18. The Hall–Kier alpha value is -0.780. The van der Waals surface area contributed by atoms with E-state index in [-0.39, 0.29) is 0 Å². The highest BCUT2D eigenvalue weighted by atomic mass is 14.3. The smallest absolute Gasteiger partial charge is 0.0107 e. The summed E-state index contributed by atoms with van der Waals surface area (Å²) in [5.74, 6) is 2.40. The van der Waals surface area contributed by atoms with Crippen LogP contribution in [-0.4, -0.2) is 0 Å². The van der Waals surface area contributed by atoms with Crippen molar-refractivity contribution >= 4 is 0 Å². The van der Waals surface area contributed by atoms with Crippen molar-refractivity contribution in [3.63, 3.8) is 0 Å². The van der Waals surface area contributed by atoms with Gasteiger partial charge in [0, 0.05) is 0 Å². The largest absolute Gasteiger partial charge is 0.0622 e. The highest BCUT2D eigenvalue weighted by Gasteiger charge is 2.30. The van der Waals surface area contributed by atoms with Gasteiger partial charge < -0.3 is 0 Å². The summed E-state index contributed by atoms with van der Waals surface area (Å²) >= 11 is 0. The highest BCUT2D eigenvalue weighted by molar-refractivity contribution is 5.36. The first kappa shape index (κ1) is 8.80. The lowest BCUT2D eigenvalue weighted by Gasteiger charge is -2.20. The lowest BCUT2D eigenvalue weighted by molar-refractivity contribution is 0.393. The second-order valence-corrected chi connectivity index (χ2v) is 4.65. The fraction of sp³-hybridized carbons (Fsp3) is 0.538. The summed E-state index contributed by atoms with van der Waals surface area (Å²) in [6.07, 6.45) is 1.28. The van der Waals surface area contributed by atoms with E-state index in [9.17, 15) is 0 Å². The van der Waals surface area contributed by atoms with Gasteiger partial charge in [0.05, 0.1) is 0 Å². The lowest BCUT2D eigenvalue weighted by atomic mass is 9.84. The third-order valence-corrected chi connectivity index (χ3v) is 3.29. The summed E-state index contributed by atoms with van der Waals surface area (Å²) in [5, 5.41) is 0. The van der Waals surface area contributed by atoms with Crippen molar-refractivity contribution < 1.29 is 0 Å². The number of fused-ring (bicyclic) bond motifs is 1. The molecule has 2 atom stereocenters. The van der Waals surface area contributed by atoms with Crippen molar-refractivity contribution in [2.24, 2.45) is 11.8 Å². The van der Waals surface area contributed by atoms with Crippen molar-refractivity contribution in [2.75, 3.05) is 0 Å². The second kappa shape index (κ2) is 3.17. The summed E-state index contributed by atoms with van der Waals surface area (Å²) in [6.45, 7) is 7.05. The van der Waals surface area contributed by atoms with Gasteiger partial charge in [-0.1, -0.05) is 45.0 Å². The quantitative estimate of drug-likeness (QED) is 0.610. The van der Waals surface area contributed by atoms with Gasteiger partial charge in [0.1, 0.15) is 0 Å². The molecule has 1 aromatic rings. The predicted octanol–water partition coefficient (Wildman–Crippen LogP) is 3.62. The number of hydrogen-bond donors (Lipinski definition) is 0. The van der Waals surface area contributed by atoms with Crippen LogP contribution in [0.25, 0.3) is 0 Å². The molecule has 0 spiro atoms. The topological polar surface area (TPSA) is 0 Å². The molecule has 70 valence electrons. The molecule has 0 amide bonds. The van der Waals surface area contributed by atoms with Crippen LogP contribution in [-0.2, 0) is 6.42 Å². The van der Waals surface area contributed by atoms with Gasteiger partial charge in [-0.15, -0.1) is 0 Å². The van der Waals surface area contributed by atoms with Crippen LogP contribution in [0.2, 0.25) is 0 Å². The number of benzene rings is 1. The maximum atomic E-state index is 2.38. The van der Waals surface area contributed by atoms with Crippen molar-refractivity contribution in [3.8, 4) is 0 Å². The van der Waals surface area contributed by atoms with Gasteiger partial charge in [0.15, 0.2) is 0 Å². The first-order chi connectivity index (χ1) is 6.20. The first-order valence-electron chi connectivity index (χ1n) is 5.28. The Kier molecular flexibility index (Phi) is 2.15. The normalized spacial score (nSPS) is 26.5. The van der Waals surface area contributed by atoms with Crippen LogP contribution in [0, 0.1) is 11.8 Å². The maximum Gasteiger partial charge on any atom is -0.0107 e. The van der Waals surface area contributed by atoms with Gasteiger partial charge in [0.25, 0.3) is 0 Å². The average molecular weight is 174 g/mol. The molecule has 0 saturated carbocycles. The zero-order valence-corrected chi connectivity index (χ0v) is 8.75. The minimum absolute atomic E-state index is 0.777. The predicted molar refractivity (Wildman–Crippen MR) is 56.9 cm³/mol. The Morgan fingerprint density at radius 3 is 2.62 bits per heavy atom. The fourth-order valence-electron chi connectivity index (χ4n) is 2.84. The van der Waals surface area contributed by atoms with Crippen LogP contribution >= 0.6 is 0 Å². The zero-order valence-electron chi connectivity index (χ0n) is 8.75. The molecule has 1 aliphatic rings. The van der Waals surface area contributed by atoms with E-state index < -0.39 is 0 Å². The van der Waals surface area contributed by atoms with Gasteiger partial charge in [-0.05, 0) is 35.3 Å². The van der Waals surface area contributed by atoms with Crippen molar-refractivity contribution in [1.29, 1.82) is 0 Å². The van der Waals surface area contributed by atoms with Crippen LogP contribution in [0.1, 0.15) is 37.8 Å². The first-order valence-corrected chi connectivity index (χ1v) is 5.28. The van der Waals surface area contributed by atoms with Gasteiger partial charge in [-0.2, -0.15) is 0 Å². The molecule has 0 aliphatic heterocycles. The monoisotopic (exact) mass is 174 g/mol. The van der Waals surface area contributed by atoms with E-state index in [1.807, 2.05) is 0 Å². The molecule has 0 heteroatoms. The zero-order chi connectivity index (χ0) is 9.42. The number of hydrogen-bond acceptors (Lipinski definition) is 0. The molecular weight excluding hydrogens is 156 g/mol. The van der Waals surface area contributed by atoms with Crippen LogP contribution in [0.3, 0.4) is 0 Å². The molecule has 1 unspecified atom stereocenters. The van der Waals surface area contributed by atoms with E-state index in [2.05, 4.69) is 45.0 Å². The molecule has 0 fully saturated rings. The third-order valence-electron chi connectivity index (χ3n) is 3.29. The fourth-order valence-corrected chi connectivity index (χ4v) is 2.84. The average Bonchev–Trinajstić information content (AvgIpc) is 2.39. The third kappa shape index (κ3) is 1.39. The molecule has 13 heavy (non-hydrogen) atoms. The van der Waals surface area contributed by atoms with Gasteiger partial charge in [-0.25, -0.2) is 0 Å². The van der Waals surface area contributed by atoms with Gasteiger partial charge in [-0.3, -0.25) is 0 Å². The van der Waals surface area contributed by atoms with E-state index in [4.69, 9.17) is 0 Å². The SMILES string of the molecule is CC(C)C1c2ccccc2C[C@H]1C. The summed E-state index contributed by atoms with van der Waals surface area (Å²) in [6, 6.07) is 8.93. The molecular formula is C13H18. The standard InChI is InChI=1S/C13H18/c1-9(2)13-10(3)8-11-6-4-5-7-12(11)13/h4-7,9-10,13H,8H2,1-3H3/t10-,13?/m1/s1. The Morgan fingerprint density at radius 2 is 1.92 bits per heavy atom. The minimum atomic E-state index is 0.777. The summed E-state index contributed by atoms with van der Waals surface area (Å²) < 4.78 is 0. The molecule has 1 aliphatic carbocycles. The Labute approximate surface area is 81.0 Å². The van der Waals surface area contributed by atoms with Crippen molar-refractivity contribution in [1.82, 2.24) is 0 Å². The van der Waals surface area contributed by atoms with Crippen molar-refractivity contribution in [3.05, 3.63) is 35.4 Å².